The third kappa shape index (κ3) is 2.87. The van der Waals surface area contributed by atoms with Gasteiger partial charge in [0, 0.05) is 25.8 Å². The molecule has 1 aliphatic rings. The number of hydrogen-bond donors (Lipinski definition) is 3. The number of aliphatic hydroxyl groups excluding tert-OH is 1. The second kappa shape index (κ2) is 5.95. The summed E-state index contributed by atoms with van der Waals surface area (Å²) in [4.78, 5) is 12.0. The smallest absolute Gasteiger partial charge is 0.251 e. The molecule has 2 rings (SSSR count). The Balaban J connectivity index is 2.04. The summed E-state index contributed by atoms with van der Waals surface area (Å²) in [7, 11) is 1.54. The highest BCUT2D eigenvalue weighted by molar-refractivity contribution is 5.94. The molecule has 5 heteroatoms. The Kier molecular flexibility index (Phi) is 4.30. The van der Waals surface area contributed by atoms with Gasteiger partial charge in [0.2, 0.25) is 0 Å². The maximum atomic E-state index is 12.0. The second-order valence-electron chi connectivity index (χ2n) is 4.40. The van der Waals surface area contributed by atoms with E-state index in [-0.39, 0.29) is 18.6 Å². The van der Waals surface area contributed by atoms with Crippen LogP contribution in [0.4, 0.5) is 0 Å². The van der Waals surface area contributed by atoms with Crippen molar-refractivity contribution in [1.82, 2.24) is 10.6 Å². The zero-order chi connectivity index (χ0) is 13.0. The first-order valence-electron chi connectivity index (χ1n) is 5.97. The molecule has 0 spiro atoms. The highest BCUT2D eigenvalue weighted by atomic mass is 16.5. The first kappa shape index (κ1) is 13.0. The van der Waals surface area contributed by atoms with Crippen LogP contribution < -0.4 is 10.6 Å². The van der Waals surface area contributed by atoms with Crippen molar-refractivity contribution in [2.24, 2.45) is 0 Å². The van der Waals surface area contributed by atoms with Crippen LogP contribution in [0.2, 0.25) is 0 Å². The molecule has 1 amide bonds. The first-order chi connectivity index (χ1) is 8.74. The molecule has 0 radical (unpaired) electrons. The van der Waals surface area contributed by atoms with E-state index in [1.807, 2.05) is 18.2 Å². The Morgan fingerprint density at radius 1 is 1.50 bits per heavy atom. The van der Waals surface area contributed by atoms with E-state index in [1.165, 1.54) is 12.7 Å². The van der Waals surface area contributed by atoms with Gasteiger partial charge in [-0.1, -0.05) is 6.07 Å². The molecule has 0 aliphatic carbocycles. The highest BCUT2D eigenvalue weighted by Crippen LogP contribution is 2.17. The summed E-state index contributed by atoms with van der Waals surface area (Å²) in [6.07, 6.45) is 0. The summed E-state index contributed by atoms with van der Waals surface area (Å²) in [5.41, 5.74) is 3.02. The van der Waals surface area contributed by atoms with Gasteiger partial charge in [-0.25, -0.2) is 0 Å². The van der Waals surface area contributed by atoms with Crippen molar-refractivity contribution in [1.29, 1.82) is 0 Å². The molecule has 1 aliphatic heterocycles. The predicted octanol–water partition coefficient (Wildman–Crippen LogP) is 0.0269. The largest absolute Gasteiger partial charge is 0.394 e. The zero-order valence-electron chi connectivity index (χ0n) is 10.4. The van der Waals surface area contributed by atoms with Crippen LogP contribution >= 0.6 is 0 Å². The van der Waals surface area contributed by atoms with Gasteiger partial charge in [-0.2, -0.15) is 0 Å². The van der Waals surface area contributed by atoms with Crippen LogP contribution in [0.5, 0.6) is 0 Å². The van der Waals surface area contributed by atoms with Crippen LogP contribution in [-0.4, -0.2) is 37.4 Å². The van der Waals surface area contributed by atoms with E-state index in [4.69, 9.17) is 9.84 Å². The highest BCUT2D eigenvalue weighted by Gasteiger charge is 2.16. The fourth-order valence-corrected chi connectivity index (χ4v) is 2.05. The van der Waals surface area contributed by atoms with Gasteiger partial charge in [-0.05, 0) is 23.3 Å². The Hall–Kier alpha value is -1.43. The van der Waals surface area contributed by atoms with E-state index in [0.29, 0.717) is 12.2 Å². The number of amides is 1. The molecule has 0 aromatic heterocycles. The normalized spacial score (nSPS) is 15.2. The monoisotopic (exact) mass is 250 g/mol. The average Bonchev–Trinajstić information content (AvgIpc) is 2.85. The van der Waals surface area contributed by atoms with Gasteiger partial charge in [-0.3, -0.25) is 4.79 Å². The molecule has 98 valence electrons. The van der Waals surface area contributed by atoms with Gasteiger partial charge < -0.3 is 20.5 Å². The van der Waals surface area contributed by atoms with Crippen LogP contribution in [-0.2, 0) is 17.8 Å². The van der Waals surface area contributed by atoms with Crippen molar-refractivity contribution in [3.05, 3.63) is 34.9 Å². The van der Waals surface area contributed by atoms with E-state index in [2.05, 4.69) is 10.6 Å². The molecule has 0 fully saturated rings. The molecule has 3 N–H and O–H groups in total. The van der Waals surface area contributed by atoms with Gasteiger partial charge in [0.1, 0.15) is 0 Å². The van der Waals surface area contributed by atoms with Gasteiger partial charge >= 0.3 is 0 Å². The van der Waals surface area contributed by atoms with Crippen molar-refractivity contribution < 1.29 is 14.6 Å². The summed E-state index contributed by atoms with van der Waals surface area (Å²) < 4.78 is 4.92. The Morgan fingerprint density at radius 2 is 2.28 bits per heavy atom. The fourth-order valence-electron chi connectivity index (χ4n) is 2.05. The zero-order valence-corrected chi connectivity index (χ0v) is 10.4. The molecule has 0 saturated carbocycles. The van der Waals surface area contributed by atoms with Crippen LogP contribution in [0.15, 0.2) is 18.2 Å². The van der Waals surface area contributed by atoms with E-state index in [9.17, 15) is 4.79 Å². The number of carbonyl (C=O) groups excluding carboxylic acids is 1. The number of methoxy groups -OCH3 is 1. The molecular weight excluding hydrogens is 232 g/mol. The molecule has 1 aromatic rings. The van der Waals surface area contributed by atoms with Gasteiger partial charge in [0.15, 0.2) is 0 Å². The minimum atomic E-state index is -0.367. The first-order valence-corrected chi connectivity index (χ1v) is 5.97. The SMILES string of the molecule is COCC(CO)NC(=O)c1ccc2c(c1)CNC2. The van der Waals surface area contributed by atoms with Gasteiger partial charge in [0.25, 0.3) is 5.91 Å². The summed E-state index contributed by atoms with van der Waals surface area (Å²) >= 11 is 0. The van der Waals surface area contributed by atoms with E-state index >= 15 is 0 Å². The number of ether oxygens (including phenoxy) is 1. The van der Waals surface area contributed by atoms with E-state index in [1.54, 1.807) is 0 Å². The number of carbonyl (C=O) groups is 1. The van der Waals surface area contributed by atoms with Crippen molar-refractivity contribution in [3.63, 3.8) is 0 Å². The van der Waals surface area contributed by atoms with E-state index < -0.39 is 0 Å². The minimum absolute atomic E-state index is 0.133. The summed E-state index contributed by atoms with van der Waals surface area (Å²) in [6, 6.07) is 5.30. The van der Waals surface area contributed by atoms with Crippen LogP contribution in [0.3, 0.4) is 0 Å². The third-order valence-corrected chi connectivity index (χ3v) is 3.02. The Labute approximate surface area is 106 Å². The number of aliphatic hydroxyl groups is 1. The van der Waals surface area contributed by atoms with Gasteiger partial charge in [0.05, 0.1) is 19.3 Å². The lowest BCUT2D eigenvalue weighted by molar-refractivity contribution is 0.0839. The Bertz CT molecular complexity index is 434. The lowest BCUT2D eigenvalue weighted by Gasteiger charge is -2.15. The number of nitrogens with one attached hydrogen (secondary N) is 2. The van der Waals surface area contributed by atoms with Crippen molar-refractivity contribution >= 4 is 5.91 Å². The molecule has 18 heavy (non-hydrogen) atoms. The standard InChI is InChI=1S/C13H18N2O3/c1-18-8-12(7-16)15-13(17)9-2-3-10-5-14-6-11(10)4-9/h2-4,12,14,16H,5-8H2,1H3,(H,15,17). The van der Waals surface area contributed by atoms with Crippen LogP contribution in [0.25, 0.3) is 0 Å². The number of rotatable bonds is 5. The Morgan fingerprint density at radius 3 is 3.00 bits per heavy atom. The molecule has 0 saturated heterocycles. The quantitative estimate of drug-likeness (QED) is 0.689. The predicted molar refractivity (Wildman–Crippen MR) is 67.2 cm³/mol. The maximum absolute atomic E-state index is 12.0. The van der Waals surface area contributed by atoms with E-state index in [0.717, 1.165) is 18.7 Å². The summed E-state index contributed by atoms with van der Waals surface area (Å²) in [5, 5.41) is 15.1. The van der Waals surface area contributed by atoms with Crippen molar-refractivity contribution in [2.45, 2.75) is 19.1 Å². The number of benzene rings is 1. The maximum Gasteiger partial charge on any atom is 0.251 e. The van der Waals surface area contributed by atoms with Gasteiger partial charge in [-0.15, -0.1) is 0 Å². The summed E-state index contributed by atoms with van der Waals surface area (Å²) in [5.74, 6) is -0.180. The molecule has 1 heterocycles. The lowest BCUT2D eigenvalue weighted by atomic mass is 10.1. The fraction of sp³-hybridized carbons (Fsp3) is 0.462. The molecule has 1 unspecified atom stereocenters. The molecule has 1 atom stereocenters. The van der Waals surface area contributed by atoms with Crippen molar-refractivity contribution in [2.75, 3.05) is 20.3 Å². The topological polar surface area (TPSA) is 70.6 Å². The molecular formula is C13H18N2O3. The second-order valence-corrected chi connectivity index (χ2v) is 4.40. The van der Waals surface area contributed by atoms with Crippen molar-refractivity contribution in [3.8, 4) is 0 Å². The van der Waals surface area contributed by atoms with Crippen LogP contribution in [0.1, 0.15) is 21.5 Å². The molecule has 5 nitrogen and oxygen atoms in total. The number of fused-ring (bicyclic) bond motifs is 1. The summed E-state index contributed by atoms with van der Waals surface area (Å²) in [6.45, 7) is 1.83. The minimum Gasteiger partial charge on any atom is -0.394 e. The van der Waals surface area contributed by atoms with Crippen LogP contribution in [0, 0.1) is 0 Å². The lowest BCUT2D eigenvalue weighted by Crippen LogP contribution is -2.40. The molecule has 1 aromatic carbocycles. The molecule has 0 bridgehead atoms. The third-order valence-electron chi connectivity index (χ3n) is 3.02. The average molecular weight is 250 g/mol. The number of hydrogen-bond acceptors (Lipinski definition) is 4.